The number of hydrogen-bond acceptors (Lipinski definition) is 3. The van der Waals surface area contributed by atoms with Crippen molar-refractivity contribution in [1.29, 1.82) is 0 Å². The molecule has 0 saturated heterocycles. The van der Waals surface area contributed by atoms with Crippen LogP contribution in [0.3, 0.4) is 0 Å². The molecule has 0 atom stereocenters. The zero-order chi connectivity index (χ0) is 18.4. The molecule has 0 heterocycles. The van der Waals surface area contributed by atoms with E-state index in [-0.39, 0.29) is 12.2 Å². The molecule has 0 fully saturated rings. The van der Waals surface area contributed by atoms with Gasteiger partial charge in [0, 0.05) is 11.8 Å². The predicted molar refractivity (Wildman–Crippen MR) is 96.4 cm³/mol. The fourth-order valence-electron chi connectivity index (χ4n) is 2.27. The lowest BCUT2D eigenvalue weighted by molar-refractivity contribution is -0.114. The smallest absolute Gasteiger partial charge is 0.243 e. The Balaban J connectivity index is 1.62. The first-order valence-electron chi connectivity index (χ1n) is 7.92. The molecule has 0 aliphatic heterocycles. The van der Waals surface area contributed by atoms with Crippen LogP contribution in [0.4, 0.5) is 20.2 Å². The summed E-state index contributed by atoms with van der Waals surface area (Å²) < 4.78 is 31.9. The zero-order valence-corrected chi connectivity index (χ0v) is 13.7. The van der Waals surface area contributed by atoms with Crippen LogP contribution in [0.15, 0.2) is 72.8 Å². The highest BCUT2D eigenvalue weighted by Gasteiger charge is 2.08. The van der Waals surface area contributed by atoms with Gasteiger partial charge in [-0.15, -0.1) is 0 Å². The summed E-state index contributed by atoms with van der Waals surface area (Å²) in [6.07, 6.45) is 0. The van der Waals surface area contributed by atoms with Crippen LogP contribution in [0, 0.1) is 11.6 Å². The standard InChI is InChI=1S/C20H16F2N2O2/c21-16-11-10-14(12-17(16)22)24-20(25)13-23-18-8-4-5-9-19(18)26-15-6-2-1-3-7-15/h1-12,23H,13H2,(H,24,25). The van der Waals surface area contributed by atoms with E-state index in [1.165, 1.54) is 6.07 Å². The van der Waals surface area contributed by atoms with E-state index < -0.39 is 17.5 Å². The van der Waals surface area contributed by atoms with Crippen molar-refractivity contribution in [2.75, 3.05) is 17.2 Å². The molecule has 6 heteroatoms. The fourth-order valence-corrected chi connectivity index (χ4v) is 2.27. The van der Waals surface area contributed by atoms with E-state index in [1.54, 1.807) is 12.1 Å². The van der Waals surface area contributed by atoms with Crippen molar-refractivity contribution < 1.29 is 18.3 Å². The third kappa shape index (κ3) is 4.57. The van der Waals surface area contributed by atoms with E-state index in [4.69, 9.17) is 4.74 Å². The molecule has 0 aliphatic rings. The van der Waals surface area contributed by atoms with Crippen molar-refractivity contribution in [2.24, 2.45) is 0 Å². The summed E-state index contributed by atoms with van der Waals surface area (Å²) in [7, 11) is 0. The summed E-state index contributed by atoms with van der Waals surface area (Å²) >= 11 is 0. The number of carbonyl (C=O) groups is 1. The Kier molecular flexibility index (Phi) is 5.43. The summed E-state index contributed by atoms with van der Waals surface area (Å²) in [5, 5.41) is 5.48. The second-order valence-corrected chi connectivity index (χ2v) is 5.44. The lowest BCUT2D eigenvalue weighted by Crippen LogP contribution is -2.22. The molecule has 0 spiro atoms. The fraction of sp³-hybridized carbons (Fsp3) is 0.0500. The molecule has 26 heavy (non-hydrogen) atoms. The highest BCUT2D eigenvalue weighted by molar-refractivity contribution is 5.93. The van der Waals surface area contributed by atoms with Gasteiger partial charge in [-0.3, -0.25) is 4.79 Å². The van der Waals surface area contributed by atoms with E-state index in [0.29, 0.717) is 17.2 Å². The molecule has 1 amide bonds. The van der Waals surface area contributed by atoms with Gasteiger partial charge in [0.1, 0.15) is 5.75 Å². The topological polar surface area (TPSA) is 50.4 Å². The first-order chi connectivity index (χ1) is 12.6. The molecule has 3 rings (SSSR count). The van der Waals surface area contributed by atoms with E-state index in [0.717, 1.165) is 12.1 Å². The van der Waals surface area contributed by atoms with E-state index >= 15 is 0 Å². The van der Waals surface area contributed by atoms with Crippen LogP contribution in [0.25, 0.3) is 0 Å². The van der Waals surface area contributed by atoms with Gasteiger partial charge in [-0.1, -0.05) is 30.3 Å². The van der Waals surface area contributed by atoms with Crippen molar-refractivity contribution >= 4 is 17.3 Å². The van der Waals surface area contributed by atoms with Crippen LogP contribution in [0.5, 0.6) is 11.5 Å². The van der Waals surface area contributed by atoms with Gasteiger partial charge >= 0.3 is 0 Å². The second-order valence-electron chi connectivity index (χ2n) is 5.44. The maximum absolute atomic E-state index is 13.2. The molecule has 2 N–H and O–H groups in total. The van der Waals surface area contributed by atoms with E-state index in [1.807, 2.05) is 42.5 Å². The number of nitrogens with one attached hydrogen (secondary N) is 2. The molecule has 0 aromatic heterocycles. The van der Waals surface area contributed by atoms with Crippen LogP contribution in [0.2, 0.25) is 0 Å². The molecule has 0 bridgehead atoms. The predicted octanol–water partition coefficient (Wildman–Crippen LogP) is 4.81. The van der Waals surface area contributed by atoms with Gasteiger partial charge in [0.2, 0.25) is 5.91 Å². The number of ether oxygens (including phenoxy) is 1. The number of benzene rings is 3. The minimum atomic E-state index is -1.02. The Morgan fingerprint density at radius 1 is 0.885 bits per heavy atom. The average Bonchev–Trinajstić information content (AvgIpc) is 2.65. The van der Waals surface area contributed by atoms with Crippen LogP contribution in [-0.2, 0) is 4.79 Å². The minimum absolute atomic E-state index is 0.0614. The Hall–Kier alpha value is -3.41. The number of halogens is 2. The minimum Gasteiger partial charge on any atom is -0.455 e. The Morgan fingerprint density at radius 2 is 1.62 bits per heavy atom. The Bertz CT molecular complexity index is 901. The summed E-state index contributed by atoms with van der Waals surface area (Å²) in [6.45, 7) is -0.0614. The maximum atomic E-state index is 13.2. The van der Waals surface area contributed by atoms with Crippen molar-refractivity contribution in [1.82, 2.24) is 0 Å². The summed E-state index contributed by atoms with van der Waals surface area (Å²) in [5.74, 6) is -1.14. The first kappa shape index (κ1) is 17.4. The van der Waals surface area contributed by atoms with Crippen molar-refractivity contribution in [2.45, 2.75) is 0 Å². The zero-order valence-electron chi connectivity index (χ0n) is 13.7. The summed E-state index contributed by atoms with van der Waals surface area (Å²) in [6, 6.07) is 19.6. The van der Waals surface area contributed by atoms with Crippen molar-refractivity contribution in [3.8, 4) is 11.5 Å². The van der Waals surface area contributed by atoms with Gasteiger partial charge in [-0.2, -0.15) is 0 Å². The van der Waals surface area contributed by atoms with Crippen LogP contribution < -0.4 is 15.4 Å². The average molecular weight is 354 g/mol. The molecule has 3 aromatic rings. The van der Waals surface area contributed by atoms with Crippen molar-refractivity contribution in [3.05, 3.63) is 84.4 Å². The number of amides is 1. The van der Waals surface area contributed by atoms with Gasteiger partial charge in [0.25, 0.3) is 0 Å². The largest absolute Gasteiger partial charge is 0.455 e. The number of hydrogen-bond donors (Lipinski definition) is 2. The monoisotopic (exact) mass is 354 g/mol. The third-order valence-corrected chi connectivity index (χ3v) is 3.50. The SMILES string of the molecule is O=C(CNc1ccccc1Oc1ccccc1)Nc1ccc(F)c(F)c1. The molecule has 0 unspecified atom stereocenters. The molecular weight excluding hydrogens is 338 g/mol. The highest BCUT2D eigenvalue weighted by atomic mass is 19.2. The number of rotatable bonds is 6. The number of carbonyl (C=O) groups excluding carboxylic acids is 1. The molecule has 0 saturated carbocycles. The van der Waals surface area contributed by atoms with Crippen LogP contribution >= 0.6 is 0 Å². The lowest BCUT2D eigenvalue weighted by atomic mass is 10.2. The highest BCUT2D eigenvalue weighted by Crippen LogP contribution is 2.28. The van der Waals surface area contributed by atoms with E-state index in [2.05, 4.69) is 10.6 Å². The molecule has 4 nitrogen and oxygen atoms in total. The van der Waals surface area contributed by atoms with Gasteiger partial charge in [0.05, 0.1) is 12.2 Å². The molecule has 132 valence electrons. The molecule has 3 aromatic carbocycles. The number of para-hydroxylation sites is 3. The Morgan fingerprint density at radius 3 is 2.38 bits per heavy atom. The first-order valence-corrected chi connectivity index (χ1v) is 7.92. The van der Waals surface area contributed by atoms with E-state index in [9.17, 15) is 13.6 Å². The van der Waals surface area contributed by atoms with Crippen molar-refractivity contribution in [3.63, 3.8) is 0 Å². The normalized spacial score (nSPS) is 10.2. The molecular formula is C20H16F2N2O2. The van der Waals surface area contributed by atoms with Gasteiger partial charge in [-0.05, 0) is 36.4 Å². The Labute approximate surface area is 149 Å². The molecule has 0 aliphatic carbocycles. The van der Waals surface area contributed by atoms with Gasteiger partial charge in [0.15, 0.2) is 17.4 Å². The summed E-state index contributed by atoms with van der Waals surface area (Å²) in [5.41, 5.74) is 0.821. The quantitative estimate of drug-likeness (QED) is 0.668. The second kappa shape index (κ2) is 8.11. The van der Waals surface area contributed by atoms with Crippen LogP contribution in [0.1, 0.15) is 0 Å². The summed E-state index contributed by atoms with van der Waals surface area (Å²) in [4.78, 5) is 12.0. The number of anilines is 2. The lowest BCUT2D eigenvalue weighted by Gasteiger charge is -2.13. The maximum Gasteiger partial charge on any atom is 0.243 e. The van der Waals surface area contributed by atoms with Gasteiger partial charge in [-0.25, -0.2) is 8.78 Å². The van der Waals surface area contributed by atoms with Gasteiger partial charge < -0.3 is 15.4 Å². The molecule has 0 radical (unpaired) electrons. The third-order valence-electron chi connectivity index (χ3n) is 3.50. The van der Waals surface area contributed by atoms with Crippen LogP contribution in [-0.4, -0.2) is 12.5 Å².